The minimum absolute atomic E-state index is 0.0966. The minimum Gasteiger partial charge on any atom is -0.355 e. The number of nitrogens with one attached hydrogen (secondary N) is 2. The molecule has 2 amide bonds. The molecule has 0 atom stereocenters. The van der Waals surface area contributed by atoms with Gasteiger partial charge in [0.15, 0.2) is 0 Å². The zero-order valence-corrected chi connectivity index (χ0v) is 16.1. The third-order valence-corrected chi connectivity index (χ3v) is 5.39. The number of carbonyl (C=O) groups excluding carboxylic acids is 2. The van der Waals surface area contributed by atoms with Crippen molar-refractivity contribution >= 4 is 41.0 Å². The number of benzene rings is 1. The highest BCUT2D eigenvalue weighted by Gasteiger charge is 2.25. The Bertz CT molecular complexity index is 822. The van der Waals surface area contributed by atoms with Gasteiger partial charge in [-0.1, -0.05) is 36.7 Å². The van der Waals surface area contributed by atoms with E-state index in [1.54, 1.807) is 22.5 Å². The molecule has 2 aromatic rings. The molecule has 0 aliphatic carbocycles. The molecule has 1 aliphatic heterocycles. The van der Waals surface area contributed by atoms with Gasteiger partial charge in [0.05, 0.1) is 12.1 Å². The number of aromatic nitrogens is 2. The zero-order valence-electron chi connectivity index (χ0n) is 14.5. The summed E-state index contributed by atoms with van der Waals surface area (Å²) in [5.74, 6) is 1.92. The minimum atomic E-state index is -0.173. The summed E-state index contributed by atoms with van der Waals surface area (Å²) in [5, 5.41) is 10.9. The topological polar surface area (TPSA) is 76.0 Å². The van der Waals surface area contributed by atoms with Crippen LogP contribution in [0.15, 0.2) is 24.3 Å². The lowest BCUT2D eigenvalue weighted by Crippen LogP contribution is -2.29. The Balaban J connectivity index is 1.74. The lowest BCUT2D eigenvalue weighted by Gasteiger charge is -2.11. The number of nitrogens with zero attached hydrogens (tertiary/aromatic N) is 2. The second-order valence-electron chi connectivity index (χ2n) is 6.09. The monoisotopic (exact) mass is 392 g/mol. The van der Waals surface area contributed by atoms with E-state index in [4.69, 9.17) is 11.6 Å². The first-order valence-electron chi connectivity index (χ1n) is 8.54. The molecular formula is C18H21ClN4O2S. The Hall–Kier alpha value is -1.99. The van der Waals surface area contributed by atoms with Gasteiger partial charge in [0, 0.05) is 28.6 Å². The van der Waals surface area contributed by atoms with E-state index in [0.717, 1.165) is 34.7 Å². The van der Waals surface area contributed by atoms with Crippen molar-refractivity contribution in [1.29, 1.82) is 0 Å². The predicted octanol–water partition coefficient (Wildman–Crippen LogP) is 2.99. The number of rotatable bonds is 7. The van der Waals surface area contributed by atoms with Crippen molar-refractivity contribution in [2.24, 2.45) is 0 Å². The predicted molar refractivity (Wildman–Crippen MR) is 104 cm³/mol. The Morgan fingerprint density at radius 3 is 2.85 bits per heavy atom. The van der Waals surface area contributed by atoms with Crippen LogP contribution >= 0.6 is 23.4 Å². The summed E-state index contributed by atoms with van der Waals surface area (Å²) in [5.41, 5.74) is 2.71. The van der Waals surface area contributed by atoms with E-state index >= 15 is 0 Å². The fraction of sp³-hybridized carbons (Fsp3) is 0.389. The van der Waals surface area contributed by atoms with Crippen LogP contribution in [0.1, 0.15) is 30.2 Å². The van der Waals surface area contributed by atoms with Crippen molar-refractivity contribution in [3.8, 4) is 0 Å². The Morgan fingerprint density at radius 2 is 2.08 bits per heavy atom. The van der Waals surface area contributed by atoms with Gasteiger partial charge >= 0.3 is 0 Å². The van der Waals surface area contributed by atoms with Crippen LogP contribution in [-0.4, -0.2) is 28.1 Å². The lowest BCUT2D eigenvalue weighted by molar-refractivity contribution is -0.122. The number of hydrogen-bond acceptors (Lipinski definition) is 4. The molecule has 8 heteroatoms. The van der Waals surface area contributed by atoms with Gasteiger partial charge in [-0.05, 0) is 18.1 Å². The number of halogens is 1. The second kappa shape index (κ2) is 8.60. The van der Waals surface area contributed by atoms with Gasteiger partial charge in [0.25, 0.3) is 0 Å². The molecule has 0 spiro atoms. The maximum absolute atomic E-state index is 12.5. The molecule has 138 valence electrons. The Kier molecular flexibility index (Phi) is 6.21. The molecule has 1 aromatic heterocycles. The van der Waals surface area contributed by atoms with Crippen molar-refractivity contribution in [3.05, 3.63) is 46.1 Å². The van der Waals surface area contributed by atoms with Crippen molar-refractivity contribution in [3.63, 3.8) is 0 Å². The summed E-state index contributed by atoms with van der Waals surface area (Å²) < 4.78 is 1.60. The fourth-order valence-corrected chi connectivity index (χ4v) is 4.01. The van der Waals surface area contributed by atoms with E-state index in [1.807, 2.05) is 25.1 Å². The summed E-state index contributed by atoms with van der Waals surface area (Å²) >= 11 is 7.89. The highest BCUT2D eigenvalue weighted by atomic mass is 35.5. The molecule has 2 N–H and O–H groups in total. The second-order valence-corrected chi connectivity index (χ2v) is 7.48. The van der Waals surface area contributed by atoms with E-state index < -0.39 is 0 Å². The van der Waals surface area contributed by atoms with E-state index in [1.165, 1.54) is 0 Å². The molecule has 0 saturated carbocycles. The molecule has 2 heterocycles. The van der Waals surface area contributed by atoms with Crippen LogP contribution in [0, 0.1) is 0 Å². The van der Waals surface area contributed by atoms with Gasteiger partial charge in [-0.25, -0.2) is 4.68 Å². The summed E-state index contributed by atoms with van der Waals surface area (Å²) in [4.78, 5) is 24.6. The van der Waals surface area contributed by atoms with Gasteiger partial charge in [-0.15, -0.1) is 0 Å². The van der Waals surface area contributed by atoms with Crippen molar-refractivity contribution in [1.82, 2.24) is 15.1 Å². The number of carbonyl (C=O) groups is 2. The molecule has 0 bridgehead atoms. The van der Waals surface area contributed by atoms with Crippen molar-refractivity contribution in [2.45, 2.75) is 37.8 Å². The van der Waals surface area contributed by atoms with Crippen LogP contribution in [-0.2, 0) is 34.1 Å². The maximum Gasteiger partial charge on any atom is 0.241 e. The molecule has 0 unspecified atom stereocenters. The van der Waals surface area contributed by atoms with Crippen molar-refractivity contribution < 1.29 is 9.59 Å². The van der Waals surface area contributed by atoms with Gasteiger partial charge in [0.1, 0.15) is 12.4 Å². The first kappa shape index (κ1) is 18.8. The fourth-order valence-electron chi connectivity index (χ4n) is 2.77. The number of thioether (sulfide) groups is 1. The smallest absolute Gasteiger partial charge is 0.241 e. The largest absolute Gasteiger partial charge is 0.355 e. The van der Waals surface area contributed by atoms with Gasteiger partial charge < -0.3 is 10.6 Å². The SMILES string of the molecule is CCCNC(=O)Cn1nc2c(c1NC(=O)Cc1ccccc1Cl)CSC2. The number of hydrogen-bond donors (Lipinski definition) is 2. The summed E-state index contributed by atoms with van der Waals surface area (Å²) in [6.07, 6.45) is 1.05. The third-order valence-electron chi connectivity index (χ3n) is 4.05. The van der Waals surface area contributed by atoms with E-state index in [-0.39, 0.29) is 24.8 Å². The Morgan fingerprint density at radius 1 is 1.27 bits per heavy atom. The standard InChI is InChI=1S/C18H21ClN4O2S/c1-2-7-20-17(25)9-23-18(13-10-26-11-15(13)22-23)21-16(24)8-12-5-3-4-6-14(12)19/h3-6H,2,7-11H2,1H3,(H,20,25)(H,21,24). The number of fused-ring (bicyclic) bond motifs is 1. The van der Waals surface area contributed by atoms with Gasteiger partial charge in [-0.3, -0.25) is 9.59 Å². The van der Waals surface area contributed by atoms with E-state index in [9.17, 15) is 9.59 Å². The van der Waals surface area contributed by atoms with Gasteiger partial charge in [0.2, 0.25) is 11.8 Å². The van der Waals surface area contributed by atoms with Crippen LogP contribution in [0.2, 0.25) is 5.02 Å². The highest BCUT2D eigenvalue weighted by Crippen LogP contribution is 2.34. The number of anilines is 1. The molecule has 26 heavy (non-hydrogen) atoms. The lowest BCUT2D eigenvalue weighted by atomic mass is 10.1. The van der Waals surface area contributed by atoms with Crippen LogP contribution in [0.3, 0.4) is 0 Å². The third kappa shape index (κ3) is 4.40. The van der Waals surface area contributed by atoms with Crippen LogP contribution in [0.25, 0.3) is 0 Å². The summed E-state index contributed by atoms with van der Waals surface area (Å²) in [6.45, 7) is 2.73. The zero-order chi connectivity index (χ0) is 18.5. The normalized spacial score (nSPS) is 12.7. The molecular weight excluding hydrogens is 372 g/mol. The van der Waals surface area contributed by atoms with Crippen LogP contribution < -0.4 is 10.6 Å². The number of amides is 2. The van der Waals surface area contributed by atoms with Crippen molar-refractivity contribution in [2.75, 3.05) is 11.9 Å². The quantitative estimate of drug-likeness (QED) is 0.759. The van der Waals surface area contributed by atoms with Gasteiger partial charge in [-0.2, -0.15) is 16.9 Å². The highest BCUT2D eigenvalue weighted by molar-refractivity contribution is 7.98. The molecule has 1 aromatic carbocycles. The van der Waals surface area contributed by atoms with E-state index in [0.29, 0.717) is 17.4 Å². The summed E-state index contributed by atoms with van der Waals surface area (Å²) in [6, 6.07) is 7.28. The molecule has 1 aliphatic rings. The molecule has 6 nitrogen and oxygen atoms in total. The average molecular weight is 393 g/mol. The molecule has 0 fully saturated rings. The maximum atomic E-state index is 12.5. The molecule has 3 rings (SSSR count). The molecule has 0 saturated heterocycles. The van der Waals surface area contributed by atoms with Crippen LogP contribution in [0.4, 0.5) is 5.82 Å². The van der Waals surface area contributed by atoms with E-state index in [2.05, 4.69) is 15.7 Å². The molecule has 0 radical (unpaired) electrons. The first-order valence-corrected chi connectivity index (χ1v) is 10.1. The van der Waals surface area contributed by atoms with Crippen LogP contribution in [0.5, 0.6) is 0 Å². The Labute approximate surface area is 161 Å². The summed E-state index contributed by atoms with van der Waals surface area (Å²) in [7, 11) is 0. The first-order chi connectivity index (χ1) is 12.6. The average Bonchev–Trinajstić information content (AvgIpc) is 3.18.